The molecule has 1 aromatic carbocycles. The average molecular weight is 370 g/mol. The molecule has 0 radical (unpaired) electrons. The third-order valence-corrected chi connectivity index (χ3v) is 5.06. The molecule has 0 saturated carbocycles. The Labute approximate surface area is 128 Å². The zero-order valence-corrected chi connectivity index (χ0v) is 13.9. The third kappa shape index (κ3) is 6.61. The third-order valence-electron chi connectivity index (χ3n) is 2.46. The molecule has 0 spiro atoms. The van der Waals surface area contributed by atoms with Gasteiger partial charge in [0.15, 0.2) is 0 Å². The van der Waals surface area contributed by atoms with Crippen molar-refractivity contribution in [3.05, 3.63) is 27.7 Å². The summed E-state index contributed by atoms with van der Waals surface area (Å²) in [5.41, 5.74) is 0.486. The number of anilines is 1. The number of sulfonamides is 1. The molecule has 0 aliphatic rings. The minimum atomic E-state index is -3.30. The highest BCUT2D eigenvalue weighted by molar-refractivity contribution is 9.10. The van der Waals surface area contributed by atoms with E-state index in [-0.39, 0.29) is 5.75 Å². The van der Waals surface area contributed by atoms with Crippen molar-refractivity contribution in [2.24, 2.45) is 0 Å². The molecule has 0 unspecified atom stereocenters. The SMILES string of the molecule is CCNCCCCS(=O)(=O)Nc1ccc(Br)c(Cl)c1. The lowest BCUT2D eigenvalue weighted by molar-refractivity contribution is 0.593. The van der Waals surface area contributed by atoms with Gasteiger partial charge < -0.3 is 5.32 Å². The van der Waals surface area contributed by atoms with Crippen LogP contribution in [0.4, 0.5) is 5.69 Å². The van der Waals surface area contributed by atoms with Gasteiger partial charge in [-0.15, -0.1) is 0 Å². The second kappa shape index (κ2) is 8.09. The van der Waals surface area contributed by atoms with Gasteiger partial charge in [-0.25, -0.2) is 8.42 Å². The van der Waals surface area contributed by atoms with Gasteiger partial charge in [-0.1, -0.05) is 18.5 Å². The minimum absolute atomic E-state index is 0.117. The molecule has 4 nitrogen and oxygen atoms in total. The lowest BCUT2D eigenvalue weighted by Gasteiger charge is -2.09. The van der Waals surface area contributed by atoms with Crippen molar-refractivity contribution in [2.45, 2.75) is 19.8 Å². The first-order chi connectivity index (χ1) is 8.94. The van der Waals surface area contributed by atoms with Crippen molar-refractivity contribution < 1.29 is 8.42 Å². The van der Waals surface area contributed by atoms with Crippen LogP contribution in [-0.4, -0.2) is 27.3 Å². The molecular formula is C12H18BrClN2O2S. The molecule has 0 atom stereocenters. The molecule has 0 aliphatic heterocycles. The van der Waals surface area contributed by atoms with Crippen LogP contribution in [0.1, 0.15) is 19.8 Å². The Kier molecular flexibility index (Phi) is 7.13. The first kappa shape index (κ1) is 16.8. The van der Waals surface area contributed by atoms with E-state index >= 15 is 0 Å². The van der Waals surface area contributed by atoms with E-state index in [0.717, 1.165) is 24.0 Å². The van der Waals surface area contributed by atoms with E-state index in [0.29, 0.717) is 17.1 Å². The lowest BCUT2D eigenvalue weighted by atomic mass is 10.3. The molecule has 19 heavy (non-hydrogen) atoms. The molecule has 0 aromatic heterocycles. The topological polar surface area (TPSA) is 58.2 Å². The molecular weight excluding hydrogens is 352 g/mol. The minimum Gasteiger partial charge on any atom is -0.317 e. The lowest BCUT2D eigenvalue weighted by Crippen LogP contribution is -2.19. The van der Waals surface area contributed by atoms with Gasteiger partial charge in [-0.2, -0.15) is 0 Å². The maximum Gasteiger partial charge on any atom is 0.232 e. The van der Waals surface area contributed by atoms with Crippen LogP contribution in [0.5, 0.6) is 0 Å². The standard InChI is InChI=1S/C12H18BrClN2O2S/c1-2-15-7-3-4-8-19(17,18)16-10-5-6-11(13)12(14)9-10/h5-6,9,15-16H,2-4,7-8H2,1H3. The number of unbranched alkanes of at least 4 members (excludes halogenated alkanes) is 1. The van der Waals surface area contributed by atoms with E-state index in [1.165, 1.54) is 0 Å². The van der Waals surface area contributed by atoms with Crippen LogP contribution in [0.25, 0.3) is 0 Å². The van der Waals surface area contributed by atoms with E-state index in [9.17, 15) is 8.42 Å². The van der Waals surface area contributed by atoms with E-state index in [1.54, 1.807) is 18.2 Å². The highest BCUT2D eigenvalue weighted by Crippen LogP contribution is 2.26. The first-order valence-corrected chi connectivity index (χ1v) is 8.93. The molecule has 1 rings (SSSR count). The Hall–Kier alpha value is -0.300. The fourth-order valence-corrected chi connectivity index (χ4v) is 3.11. The van der Waals surface area contributed by atoms with Crippen LogP contribution in [0.2, 0.25) is 5.02 Å². The van der Waals surface area contributed by atoms with Gasteiger partial charge in [0.25, 0.3) is 0 Å². The Morgan fingerprint density at radius 1 is 1.32 bits per heavy atom. The van der Waals surface area contributed by atoms with E-state index in [1.807, 2.05) is 6.92 Å². The van der Waals surface area contributed by atoms with Crippen molar-refractivity contribution in [3.8, 4) is 0 Å². The predicted molar refractivity (Wildman–Crippen MR) is 84.3 cm³/mol. The van der Waals surface area contributed by atoms with Gasteiger partial charge >= 0.3 is 0 Å². The second-order valence-corrected chi connectivity index (χ2v) is 7.21. The number of hydrogen-bond donors (Lipinski definition) is 2. The summed E-state index contributed by atoms with van der Waals surface area (Å²) in [5, 5.41) is 3.64. The van der Waals surface area contributed by atoms with Crippen LogP contribution >= 0.6 is 27.5 Å². The van der Waals surface area contributed by atoms with Gasteiger partial charge in [0, 0.05) is 4.47 Å². The molecule has 0 aliphatic carbocycles. The maximum absolute atomic E-state index is 11.8. The molecule has 0 bridgehead atoms. The molecule has 1 aromatic rings. The van der Waals surface area contributed by atoms with Crippen LogP contribution < -0.4 is 10.0 Å². The molecule has 0 saturated heterocycles. The van der Waals surface area contributed by atoms with Crippen molar-refractivity contribution in [1.29, 1.82) is 0 Å². The molecule has 0 amide bonds. The molecule has 108 valence electrons. The Morgan fingerprint density at radius 2 is 2.05 bits per heavy atom. The summed E-state index contributed by atoms with van der Waals surface area (Å²) in [4.78, 5) is 0. The zero-order chi connectivity index (χ0) is 14.3. The monoisotopic (exact) mass is 368 g/mol. The van der Waals surface area contributed by atoms with Gasteiger partial charge in [0.2, 0.25) is 10.0 Å². The van der Waals surface area contributed by atoms with Gasteiger partial charge in [0.1, 0.15) is 0 Å². The molecule has 7 heteroatoms. The van der Waals surface area contributed by atoms with Crippen LogP contribution in [0, 0.1) is 0 Å². The normalized spacial score (nSPS) is 11.5. The summed E-state index contributed by atoms with van der Waals surface area (Å²) < 4.78 is 26.9. The molecule has 0 heterocycles. The first-order valence-electron chi connectivity index (χ1n) is 6.11. The molecule has 2 N–H and O–H groups in total. The summed E-state index contributed by atoms with van der Waals surface area (Å²) in [5.74, 6) is 0.117. The van der Waals surface area contributed by atoms with Gasteiger partial charge in [-0.05, 0) is 60.1 Å². The summed E-state index contributed by atoms with van der Waals surface area (Å²) in [6.07, 6.45) is 1.47. The van der Waals surface area contributed by atoms with E-state index < -0.39 is 10.0 Å². The fourth-order valence-electron chi connectivity index (χ4n) is 1.51. The number of benzene rings is 1. The van der Waals surface area contributed by atoms with E-state index in [2.05, 4.69) is 26.0 Å². The summed E-state index contributed by atoms with van der Waals surface area (Å²) in [6, 6.07) is 4.97. The summed E-state index contributed by atoms with van der Waals surface area (Å²) in [7, 11) is -3.30. The van der Waals surface area contributed by atoms with Crippen molar-refractivity contribution in [1.82, 2.24) is 5.32 Å². The predicted octanol–water partition coefficient (Wildman–Crippen LogP) is 3.23. The Bertz CT molecular complexity index is 508. The summed E-state index contributed by atoms with van der Waals surface area (Å²) in [6.45, 7) is 3.77. The smallest absolute Gasteiger partial charge is 0.232 e. The Morgan fingerprint density at radius 3 is 2.68 bits per heavy atom. The number of rotatable bonds is 8. The fraction of sp³-hybridized carbons (Fsp3) is 0.500. The van der Waals surface area contributed by atoms with Crippen LogP contribution in [0.15, 0.2) is 22.7 Å². The molecule has 0 fully saturated rings. The van der Waals surface area contributed by atoms with E-state index in [4.69, 9.17) is 11.6 Å². The largest absolute Gasteiger partial charge is 0.317 e. The van der Waals surface area contributed by atoms with Gasteiger partial charge in [0.05, 0.1) is 16.5 Å². The van der Waals surface area contributed by atoms with Gasteiger partial charge in [-0.3, -0.25) is 4.72 Å². The summed E-state index contributed by atoms with van der Waals surface area (Å²) >= 11 is 9.17. The van der Waals surface area contributed by atoms with Crippen LogP contribution in [-0.2, 0) is 10.0 Å². The highest BCUT2D eigenvalue weighted by Gasteiger charge is 2.10. The number of nitrogens with one attached hydrogen (secondary N) is 2. The van der Waals surface area contributed by atoms with Crippen molar-refractivity contribution >= 4 is 43.2 Å². The number of halogens is 2. The van der Waals surface area contributed by atoms with Crippen molar-refractivity contribution in [3.63, 3.8) is 0 Å². The quantitative estimate of drug-likeness (QED) is 0.692. The van der Waals surface area contributed by atoms with Crippen LogP contribution in [0.3, 0.4) is 0 Å². The average Bonchev–Trinajstić information content (AvgIpc) is 2.33. The second-order valence-electron chi connectivity index (χ2n) is 4.11. The number of hydrogen-bond acceptors (Lipinski definition) is 3. The van der Waals surface area contributed by atoms with Crippen molar-refractivity contribution in [2.75, 3.05) is 23.6 Å². The Balaban J connectivity index is 2.47. The zero-order valence-electron chi connectivity index (χ0n) is 10.7. The maximum atomic E-state index is 11.8. The highest BCUT2D eigenvalue weighted by atomic mass is 79.9.